The molecule has 306 valence electrons. The Bertz CT molecular complexity index is 1550. The Hall–Kier alpha value is -3.58. The zero-order valence-corrected chi connectivity index (χ0v) is 33.1. The van der Waals surface area contributed by atoms with Gasteiger partial charge in [0.15, 0.2) is 5.67 Å². The molecule has 1 aromatic heterocycles. The fourth-order valence-corrected chi connectivity index (χ4v) is 6.86. The molecule has 1 aromatic carbocycles. The van der Waals surface area contributed by atoms with Crippen LogP contribution in [-0.4, -0.2) is 135 Å². The zero-order valence-electron chi connectivity index (χ0n) is 32.3. The molecular weight excluding hydrogens is 736 g/mol. The molecule has 4 rings (SSSR count). The Morgan fingerprint density at radius 2 is 1.58 bits per heavy atom. The molecule has 2 heterocycles. The molecule has 6 N–H and O–H groups in total. The van der Waals surface area contributed by atoms with Crippen molar-refractivity contribution in [3.05, 3.63) is 41.0 Å². The SMILES string of the molecule is Cc1ncsc1-c1ccc([C@H](CC(=O)NCCOCCOCCOCCOCCN)NC(=O)[C@@H]2C[C@@H](O)CN2C(=O)C(NC(=O)C2(F)CC2)C(C)(C)C)cc1. The van der Waals surface area contributed by atoms with Crippen LogP contribution in [0.5, 0.6) is 0 Å². The van der Waals surface area contributed by atoms with Gasteiger partial charge in [0, 0.05) is 26.1 Å². The number of carbonyl (C=O) groups is 4. The monoisotopic (exact) mass is 792 g/mol. The average molecular weight is 793 g/mol. The summed E-state index contributed by atoms with van der Waals surface area (Å²) < 4.78 is 36.3. The Morgan fingerprint density at radius 3 is 2.13 bits per heavy atom. The number of nitrogens with zero attached hydrogens (tertiary/aromatic N) is 2. The number of amides is 4. The van der Waals surface area contributed by atoms with Gasteiger partial charge in [-0.15, -0.1) is 11.3 Å². The fourth-order valence-electron chi connectivity index (χ4n) is 6.05. The van der Waals surface area contributed by atoms with Crippen LogP contribution in [0, 0.1) is 12.3 Å². The number of benzene rings is 1. The molecule has 4 atom stereocenters. The lowest BCUT2D eigenvalue weighted by Crippen LogP contribution is -2.59. The van der Waals surface area contributed by atoms with Crippen molar-refractivity contribution in [2.45, 2.75) is 83.3 Å². The minimum Gasteiger partial charge on any atom is -0.391 e. The van der Waals surface area contributed by atoms with Gasteiger partial charge in [0.1, 0.15) is 12.1 Å². The van der Waals surface area contributed by atoms with Crippen molar-refractivity contribution in [1.82, 2.24) is 25.8 Å². The molecule has 4 amide bonds. The third kappa shape index (κ3) is 13.5. The highest BCUT2D eigenvalue weighted by atomic mass is 32.1. The molecule has 15 nitrogen and oxygen atoms in total. The lowest BCUT2D eigenvalue weighted by molar-refractivity contribution is -0.145. The van der Waals surface area contributed by atoms with Crippen molar-refractivity contribution in [1.29, 1.82) is 0 Å². The van der Waals surface area contributed by atoms with Crippen LogP contribution in [-0.2, 0) is 38.1 Å². The van der Waals surface area contributed by atoms with E-state index in [0.717, 1.165) is 16.1 Å². The second-order valence-corrected chi connectivity index (χ2v) is 15.7. The smallest absolute Gasteiger partial charge is 0.258 e. The van der Waals surface area contributed by atoms with Gasteiger partial charge in [-0.05, 0) is 36.3 Å². The number of aryl methyl sites for hydroxylation is 1. The summed E-state index contributed by atoms with van der Waals surface area (Å²) in [6, 6.07) is 4.44. The Balaban J connectivity index is 1.35. The standard InChI is InChI=1S/C38H57FN6O9S/c1-25-32(55-24-42-25)27-7-5-26(6-8-27)29(22-31(47)41-12-14-52-16-18-54-20-19-53-17-15-51-13-11-40)43-34(48)30-21-28(46)23-45(30)35(49)33(37(2,3)4)44-36(50)38(39)9-10-38/h5-8,24,28-30,33,46H,9-23,40H2,1-4H3,(H,41,47)(H,43,48)(H,44,50)/t28-,29+,30+,33?/m1/s1. The van der Waals surface area contributed by atoms with Gasteiger partial charge in [-0.25, -0.2) is 9.37 Å². The normalized spacial score (nSPS) is 18.8. The minimum atomic E-state index is -2.00. The Kier molecular flexibility index (Phi) is 16.9. The van der Waals surface area contributed by atoms with E-state index in [1.807, 2.05) is 31.2 Å². The number of ether oxygens (including phenoxy) is 4. The number of halogens is 1. The van der Waals surface area contributed by atoms with E-state index in [9.17, 15) is 28.7 Å². The predicted molar refractivity (Wildman–Crippen MR) is 204 cm³/mol. The van der Waals surface area contributed by atoms with Crippen LogP contribution in [0.25, 0.3) is 10.4 Å². The van der Waals surface area contributed by atoms with Gasteiger partial charge in [-0.2, -0.15) is 0 Å². The summed E-state index contributed by atoms with van der Waals surface area (Å²) in [7, 11) is 0. The summed E-state index contributed by atoms with van der Waals surface area (Å²) in [5, 5.41) is 19.0. The lowest BCUT2D eigenvalue weighted by Gasteiger charge is -2.36. The number of hydrogen-bond acceptors (Lipinski definition) is 12. The highest BCUT2D eigenvalue weighted by molar-refractivity contribution is 7.13. The number of carbonyl (C=O) groups excluding carboxylic acids is 4. The Morgan fingerprint density at radius 1 is 0.982 bits per heavy atom. The number of aliphatic hydroxyl groups is 1. The van der Waals surface area contributed by atoms with Gasteiger partial charge in [0.25, 0.3) is 5.91 Å². The summed E-state index contributed by atoms with van der Waals surface area (Å²) in [5.74, 6) is -2.36. The van der Waals surface area contributed by atoms with Crippen LogP contribution < -0.4 is 21.7 Å². The van der Waals surface area contributed by atoms with E-state index in [2.05, 4.69) is 20.9 Å². The number of hydrogen-bond donors (Lipinski definition) is 5. The highest BCUT2D eigenvalue weighted by Gasteiger charge is 2.53. The molecule has 0 radical (unpaired) electrons. The van der Waals surface area contributed by atoms with E-state index in [-0.39, 0.29) is 51.3 Å². The van der Waals surface area contributed by atoms with Gasteiger partial charge in [0.2, 0.25) is 17.7 Å². The highest BCUT2D eigenvalue weighted by Crippen LogP contribution is 2.40. The second-order valence-electron chi connectivity index (χ2n) is 14.9. The maximum atomic E-state index is 14.6. The molecule has 0 bridgehead atoms. The minimum absolute atomic E-state index is 0.0454. The van der Waals surface area contributed by atoms with Crippen LogP contribution in [0.2, 0.25) is 0 Å². The maximum Gasteiger partial charge on any atom is 0.258 e. The van der Waals surface area contributed by atoms with E-state index < -0.39 is 53.0 Å². The van der Waals surface area contributed by atoms with E-state index in [1.54, 1.807) is 26.3 Å². The van der Waals surface area contributed by atoms with E-state index in [0.29, 0.717) is 58.4 Å². The summed E-state index contributed by atoms with van der Waals surface area (Å²) in [6.07, 6.45) is -0.989. The number of thiazole rings is 1. The quantitative estimate of drug-likeness (QED) is 0.103. The summed E-state index contributed by atoms with van der Waals surface area (Å²) in [5.41, 5.74) is 6.79. The first-order valence-electron chi connectivity index (χ1n) is 18.8. The predicted octanol–water partition coefficient (Wildman–Crippen LogP) is 1.80. The van der Waals surface area contributed by atoms with Crippen LogP contribution in [0.1, 0.15) is 63.8 Å². The van der Waals surface area contributed by atoms with Gasteiger partial charge < -0.3 is 50.6 Å². The first kappa shape index (κ1) is 44.1. The molecule has 0 spiro atoms. The van der Waals surface area contributed by atoms with E-state index in [4.69, 9.17) is 24.7 Å². The lowest BCUT2D eigenvalue weighted by atomic mass is 9.85. The fraction of sp³-hybridized carbons (Fsp3) is 0.658. The van der Waals surface area contributed by atoms with Crippen LogP contribution in [0.15, 0.2) is 29.8 Å². The average Bonchev–Trinajstić information content (AvgIpc) is 3.55. The number of rotatable bonds is 23. The van der Waals surface area contributed by atoms with Crippen molar-refractivity contribution >= 4 is 35.0 Å². The Labute approximate surface area is 326 Å². The second kappa shape index (κ2) is 21.1. The van der Waals surface area contributed by atoms with Gasteiger partial charge in [-0.1, -0.05) is 45.0 Å². The molecular formula is C38H57FN6O9S. The number of alkyl halides is 1. The zero-order chi connectivity index (χ0) is 40.0. The molecule has 1 aliphatic carbocycles. The molecule has 1 saturated heterocycles. The van der Waals surface area contributed by atoms with Gasteiger partial charge in [0.05, 0.1) is 87.5 Å². The number of likely N-dealkylation sites (tertiary alicyclic amines) is 1. The van der Waals surface area contributed by atoms with Crippen molar-refractivity contribution in [2.75, 3.05) is 72.5 Å². The summed E-state index contributed by atoms with van der Waals surface area (Å²) in [4.78, 5) is 60.4. The van der Waals surface area contributed by atoms with Crippen molar-refractivity contribution in [3.63, 3.8) is 0 Å². The third-order valence-electron chi connectivity index (χ3n) is 9.32. The number of nitrogens with two attached hydrogens (primary N) is 1. The number of aliphatic hydroxyl groups excluding tert-OH is 1. The molecule has 1 aliphatic heterocycles. The van der Waals surface area contributed by atoms with Crippen LogP contribution >= 0.6 is 11.3 Å². The molecule has 1 saturated carbocycles. The van der Waals surface area contributed by atoms with E-state index in [1.165, 1.54) is 16.2 Å². The topological polar surface area (TPSA) is 204 Å². The molecule has 2 aromatic rings. The number of aromatic nitrogens is 1. The van der Waals surface area contributed by atoms with Crippen molar-refractivity contribution < 1.29 is 47.6 Å². The van der Waals surface area contributed by atoms with Crippen molar-refractivity contribution in [3.8, 4) is 10.4 Å². The molecule has 2 aliphatic rings. The van der Waals surface area contributed by atoms with E-state index >= 15 is 0 Å². The van der Waals surface area contributed by atoms with Gasteiger partial charge in [-0.3, -0.25) is 19.2 Å². The molecule has 17 heteroatoms. The largest absolute Gasteiger partial charge is 0.391 e. The summed E-state index contributed by atoms with van der Waals surface area (Å²) >= 11 is 1.51. The third-order valence-corrected chi connectivity index (χ3v) is 10.3. The summed E-state index contributed by atoms with van der Waals surface area (Å²) in [6.45, 7) is 10.9. The van der Waals surface area contributed by atoms with Crippen LogP contribution in [0.3, 0.4) is 0 Å². The molecule has 55 heavy (non-hydrogen) atoms. The van der Waals surface area contributed by atoms with Crippen LogP contribution in [0.4, 0.5) is 4.39 Å². The molecule has 2 fully saturated rings. The number of β-amino-alcohol motifs (C(OH)–C–C–N with tert-alkyl or cyclic N) is 1. The first-order chi connectivity index (χ1) is 26.2. The maximum absolute atomic E-state index is 14.6. The van der Waals surface area contributed by atoms with Crippen molar-refractivity contribution in [2.24, 2.45) is 11.1 Å². The van der Waals surface area contributed by atoms with Gasteiger partial charge >= 0.3 is 0 Å². The molecule has 1 unspecified atom stereocenters. The first-order valence-corrected chi connectivity index (χ1v) is 19.7. The number of nitrogens with one attached hydrogen (secondary N) is 3.